The van der Waals surface area contributed by atoms with E-state index < -0.39 is 9.75 Å². The van der Waals surface area contributed by atoms with Gasteiger partial charge in [0.15, 0.2) is 0 Å². The number of rotatable bonds is 4. The molecule has 1 aromatic carbocycles. The van der Waals surface area contributed by atoms with Crippen LogP contribution in [0, 0.1) is 12.3 Å². The molecule has 0 spiro atoms. The van der Waals surface area contributed by atoms with Crippen molar-refractivity contribution in [2.75, 3.05) is 7.11 Å². The molecule has 0 radical (unpaired) electrons. The highest BCUT2D eigenvalue weighted by Crippen LogP contribution is 2.63. The van der Waals surface area contributed by atoms with E-state index >= 15 is 0 Å². The van der Waals surface area contributed by atoms with Crippen LogP contribution in [0.25, 0.3) is 0 Å². The largest absolute Gasteiger partial charge is 0.496 e. The van der Waals surface area contributed by atoms with E-state index in [4.69, 9.17) is 27.9 Å². The predicted octanol–water partition coefficient (Wildman–Crippen LogP) is 3.76. The molecule has 0 aromatic heterocycles. The number of aryl methyl sites for hydroxylation is 1. The van der Waals surface area contributed by atoms with Crippen molar-refractivity contribution in [2.24, 2.45) is 5.41 Å². The Balaban J connectivity index is 2.15. The molecule has 110 valence electrons. The van der Waals surface area contributed by atoms with Crippen LogP contribution in [0.5, 0.6) is 5.75 Å². The fourth-order valence-electron chi connectivity index (χ4n) is 2.27. The van der Waals surface area contributed by atoms with E-state index in [1.807, 2.05) is 32.0 Å². The van der Waals surface area contributed by atoms with Gasteiger partial charge in [-0.15, -0.1) is 23.2 Å². The molecule has 1 amide bonds. The Labute approximate surface area is 129 Å². The number of carbonyl (C=O) groups is 1. The molecular weight excluding hydrogens is 297 g/mol. The highest BCUT2D eigenvalue weighted by Gasteiger charge is 2.67. The number of carbonyl (C=O) groups excluding carboxylic acids is 1. The Bertz CT molecular complexity index is 545. The molecule has 2 rings (SSSR count). The molecule has 1 aromatic rings. The van der Waals surface area contributed by atoms with Crippen LogP contribution in [0.1, 0.15) is 37.4 Å². The lowest BCUT2D eigenvalue weighted by Crippen LogP contribution is -2.35. The summed E-state index contributed by atoms with van der Waals surface area (Å²) in [4.78, 5) is 12.3. The van der Waals surface area contributed by atoms with E-state index in [0.29, 0.717) is 6.42 Å². The minimum Gasteiger partial charge on any atom is -0.496 e. The number of methoxy groups -OCH3 is 1. The smallest absolute Gasteiger partial charge is 0.229 e. The summed E-state index contributed by atoms with van der Waals surface area (Å²) in [5.74, 6) is 0.630. The Morgan fingerprint density at radius 1 is 1.45 bits per heavy atom. The van der Waals surface area contributed by atoms with Gasteiger partial charge >= 0.3 is 0 Å². The molecule has 3 nitrogen and oxygen atoms in total. The van der Waals surface area contributed by atoms with Gasteiger partial charge in [-0.1, -0.05) is 17.7 Å². The highest BCUT2D eigenvalue weighted by molar-refractivity contribution is 6.53. The van der Waals surface area contributed by atoms with E-state index in [0.717, 1.165) is 16.9 Å². The summed E-state index contributed by atoms with van der Waals surface area (Å²) in [5, 5.41) is 2.97. The summed E-state index contributed by atoms with van der Waals surface area (Å²) < 4.78 is 4.39. The molecule has 2 atom stereocenters. The number of hydrogen-bond donors (Lipinski definition) is 1. The van der Waals surface area contributed by atoms with Gasteiger partial charge in [0.2, 0.25) is 5.91 Å². The normalized spacial score (nSPS) is 24.9. The van der Waals surface area contributed by atoms with Crippen LogP contribution >= 0.6 is 23.2 Å². The second-order valence-corrected chi connectivity index (χ2v) is 7.14. The zero-order valence-electron chi connectivity index (χ0n) is 12.1. The van der Waals surface area contributed by atoms with Crippen LogP contribution in [0.4, 0.5) is 0 Å². The van der Waals surface area contributed by atoms with Gasteiger partial charge in [-0.3, -0.25) is 4.79 Å². The zero-order chi connectivity index (χ0) is 15.1. The third kappa shape index (κ3) is 2.61. The summed E-state index contributed by atoms with van der Waals surface area (Å²) in [6.45, 7) is 5.70. The first-order valence-electron chi connectivity index (χ1n) is 6.54. The molecule has 0 aliphatic heterocycles. The highest BCUT2D eigenvalue weighted by atomic mass is 35.5. The van der Waals surface area contributed by atoms with Crippen LogP contribution in [0.2, 0.25) is 0 Å². The number of alkyl halides is 2. The van der Waals surface area contributed by atoms with E-state index in [-0.39, 0.29) is 11.9 Å². The summed E-state index contributed by atoms with van der Waals surface area (Å²) in [6, 6.07) is 5.72. The quantitative estimate of drug-likeness (QED) is 0.859. The van der Waals surface area contributed by atoms with Crippen molar-refractivity contribution in [1.82, 2.24) is 5.32 Å². The third-order valence-corrected chi connectivity index (χ3v) is 5.06. The van der Waals surface area contributed by atoms with Gasteiger partial charge < -0.3 is 10.1 Å². The molecule has 0 heterocycles. The van der Waals surface area contributed by atoms with Crippen LogP contribution in [0.3, 0.4) is 0 Å². The van der Waals surface area contributed by atoms with Crippen molar-refractivity contribution in [1.29, 1.82) is 0 Å². The van der Waals surface area contributed by atoms with Gasteiger partial charge in [0, 0.05) is 5.56 Å². The van der Waals surface area contributed by atoms with Gasteiger partial charge in [0.05, 0.1) is 18.6 Å². The summed E-state index contributed by atoms with van der Waals surface area (Å²) >= 11 is 12.1. The first kappa shape index (κ1) is 15.5. The number of halogens is 2. The predicted molar refractivity (Wildman–Crippen MR) is 81.4 cm³/mol. The van der Waals surface area contributed by atoms with Crippen molar-refractivity contribution in [3.05, 3.63) is 29.3 Å². The Hall–Kier alpha value is -0.930. The molecule has 0 bridgehead atoms. The molecule has 5 heteroatoms. The summed E-state index contributed by atoms with van der Waals surface area (Å²) in [6.07, 6.45) is 0.479. The molecule has 20 heavy (non-hydrogen) atoms. The third-order valence-electron chi connectivity index (χ3n) is 3.96. The van der Waals surface area contributed by atoms with Crippen LogP contribution < -0.4 is 10.1 Å². The lowest BCUT2D eigenvalue weighted by molar-refractivity contribution is -0.126. The van der Waals surface area contributed by atoms with Gasteiger partial charge in [0.25, 0.3) is 0 Å². The fourth-order valence-corrected chi connectivity index (χ4v) is 2.98. The standard InChI is InChI=1S/C15H19Cl2NO2/c1-9-5-6-12(20-4)11(7-9)10(2)18-13(19)14(3)8-15(14,16)17/h5-7,10H,8H2,1-4H3,(H,18,19). The van der Waals surface area contributed by atoms with Crippen molar-refractivity contribution < 1.29 is 9.53 Å². The van der Waals surface area contributed by atoms with Gasteiger partial charge in [0.1, 0.15) is 10.1 Å². The van der Waals surface area contributed by atoms with Crippen LogP contribution in [0.15, 0.2) is 18.2 Å². The second-order valence-electron chi connectivity index (χ2n) is 5.65. The summed E-state index contributed by atoms with van der Waals surface area (Å²) in [5.41, 5.74) is 1.35. The number of amides is 1. The molecule has 0 saturated heterocycles. The molecule has 1 N–H and O–H groups in total. The zero-order valence-corrected chi connectivity index (χ0v) is 13.6. The minimum absolute atomic E-state index is 0.126. The van der Waals surface area contributed by atoms with Gasteiger partial charge in [-0.25, -0.2) is 0 Å². The average Bonchev–Trinajstić information content (AvgIpc) is 2.89. The lowest BCUT2D eigenvalue weighted by Gasteiger charge is -2.20. The fraction of sp³-hybridized carbons (Fsp3) is 0.533. The first-order chi connectivity index (χ1) is 9.21. The van der Waals surface area contributed by atoms with E-state index in [1.54, 1.807) is 14.0 Å². The van der Waals surface area contributed by atoms with Crippen molar-refractivity contribution in [3.63, 3.8) is 0 Å². The number of hydrogen-bond acceptors (Lipinski definition) is 2. The van der Waals surface area contributed by atoms with Crippen molar-refractivity contribution in [3.8, 4) is 5.75 Å². The van der Waals surface area contributed by atoms with E-state index in [1.165, 1.54) is 0 Å². The van der Waals surface area contributed by atoms with Gasteiger partial charge in [-0.2, -0.15) is 0 Å². The second kappa shape index (κ2) is 5.12. The SMILES string of the molecule is COc1ccc(C)cc1C(C)NC(=O)C1(C)CC1(Cl)Cl. The van der Waals surface area contributed by atoms with Crippen molar-refractivity contribution in [2.45, 2.75) is 37.6 Å². The molecule has 1 aliphatic rings. The van der Waals surface area contributed by atoms with Crippen LogP contribution in [-0.4, -0.2) is 17.4 Å². The van der Waals surface area contributed by atoms with E-state index in [2.05, 4.69) is 5.32 Å². The monoisotopic (exact) mass is 315 g/mol. The van der Waals surface area contributed by atoms with Gasteiger partial charge in [-0.05, 0) is 33.3 Å². The molecular formula is C15H19Cl2NO2. The Morgan fingerprint density at radius 2 is 2.05 bits per heavy atom. The average molecular weight is 316 g/mol. The number of ether oxygens (including phenoxy) is 1. The maximum atomic E-state index is 12.3. The molecule has 1 aliphatic carbocycles. The number of benzene rings is 1. The molecule has 1 saturated carbocycles. The van der Waals surface area contributed by atoms with Crippen LogP contribution in [-0.2, 0) is 4.79 Å². The molecule has 2 unspecified atom stereocenters. The minimum atomic E-state index is -0.951. The Kier molecular flexibility index (Phi) is 3.96. The first-order valence-corrected chi connectivity index (χ1v) is 7.30. The summed E-state index contributed by atoms with van der Waals surface area (Å²) in [7, 11) is 1.62. The Morgan fingerprint density at radius 3 is 2.55 bits per heavy atom. The molecule has 1 fully saturated rings. The maximum Gasteiger partial charge on any atom is 0.229 e. The van der Waals surface area contributed by atoms with Crippen molar-refractivity contribution >= 4 is 29.1 Å². The lowest BCUT2D eigenvalue weighted by atomic mass is 10.0. The topological polar surface area (TPSA) is 38.3 Å². The van der Waals surface area contributed by atoms with E-state index in [9.17, 15) is 4.79 Å². The maximum absolute atomic E-state index is 12.3. The number of nitrogens with one attached hydrogen (secondary N) is 1.